The lowest BCUT2D eigenvalue weighted by Crippen LogP contribution is -2.40. The van der Waals surface area contributed by atoms with Crippen LogP contribution in [0.3, 0.4) is 0 Å². The van der Waals surface area contributed by atoms with Gasteiger partial charge in [-0.3, -0.25) is 14.7 Å². The maximum Gasteiger partial charge on any atom is 0.228 e. The highest BCUT2D eigenvalue weighted by atomic mass is 32.1. The van der Waals surface area contributed by atoms with Crippen LogP contribution in [0.25, 0.3) is 0 Å². The average Bonchev–Trinajstić information content (AvgIpc) is 3.31. The van der Waals surface area contributed by atoms with E-state index in [4.69, 9.17) is 4.74 Å². The van der Waals surface area contributed by atoms with Crippen LogP contribution in [0.4, 0.5) is 0 Å². The highest BCUT2D eigenvalue weighted by Crippen LogP contribution is 2.42. The Morgan fingerprint density at radius 3 is 3.16 bits per heavy atom. The number of thiophene rings is 1. The van der Waals surface area contributed by atoms with Crippen LogP contribution in [0.15, 0.2) is 36.0 Å². The van der Waals surface area contributed by atoms with Gasteiger partial charge in [0.1, 0.15) is 5.75 Å². The quantitative estimate of drug-likeness (QED) is 0.893. The van der Waals surface area contributed by atoms with Gasteiger partial charge in [-0.15, -0.1) is 11.3 Å². The van der Waals surface area contributed by atoms with E-state index in [9.17, 15) is 4.79 Å². The minimum atomic E-state index is -0.312. The monoisotopic (exact) mass is 357 g/mol. The van der Waals surface area contributed by atoms with E-state index in [0.29, 0.717) is 13.2 Å². The van der Waals surface area contributed by atoms with E-state index in [1.807, 2.05) is 12.1 Å². The Balaban J connectivity index is 1.43. The predicted molar refractivity (Wildman–Crippen MR) is 97.6 cm³/mol. The molecule has 1 amide bonds. The lowest BCUT2D eigenvalue weighted by Gasteiger charge is -2.28. The Kier molecular flexibility index (Phi) is 4.48. The summed E-state index contributed by atoms with van der Waals surface area (Å²) in [7, 11) is 0. The normalized spacial score (nSPS) is 26.3. The standard InChI is InChI=1S/C19H23N3O2S/c1-14-4-8-25-17(14)11-22-7-5-19(13-22)15(9-21-18(19)23)12-24-16-3-2-6-20-10-16/h2-4,6,8,10,15H,5,7,9,11-13H2,1H3,(H,21,23)/t15-,19-/m1/s1. The van der Waals surface area contributed by atoms with Crippen LogP contribution >= 0.6 is 11.3 Å². The molecule has 4 heterocycles. The SMILES string of the molecule is Cc1ccsc1CN1CC[C@]2(C1)C(=O)NC[C@@H]2COc1cccnc1. The molecule has 1 N–H and O–H groups in total. The van der Waals surface area contributed by atoms with Gasteiger partial charge in [0.2, 0.25) is 5.91 Å². The number of nitrogens with one attached hydrogen (secondary N) is 1. The number of carbonyl (C=O) groups excluding carboxylic acids is 1. The van der Waals surface area contributed by atoms with Gasteiger partial charge >= 0.3 is 0 Å². The molecule has 2 aliphatic heterocycles. The van der Waals surface area contributed by atoms with E-state index in [2.05, 4.69) is 33.6 Å². The lowest BCUT2D eigenvalue weighted by molar-refractivity contribution is -0.128. The molecule has 2 fully saturated rings. The molecular formula is C19H23N3O2S. The highest BCUT2D eigenvalue weighted by Gasteiger charge is 2.54. The third kappa shape index (κ3) is 3.16. The average molecular weight is 357 g/mol. The Morgan fingerprint density at radius 2 is 2.40 bits per heavy atom. The summed E-state index contributed by atoms with van der Waals surface area (Å²) in [5.41, 5.74) is 1.03. The number of aromatic nitrogens is 1. The number of hydrogen-bond acceptors (Lipinski definition) is 5. The molecule has 6 heteroatoms. The fraction of sp³-hybridized carbons (Fsp3) is 0.474. The smallest absolute Gasteiger partial charge is 0.228 e. The summed E-state index contributed by atoms with van der Waals surface area (Å²) in [6.45, 7) is 6.13. The fourth-order valence-electron chi connectivity index (χ4n) is 3.96. The molecule has 0 radical (unpaired) electrons. The summed E-state index contributed by atoms with van der Waals surface area (Å²) in [4.78, 5) is 20.5. The van der Waals surface area contributed by atoms with Gasteiger partial charge in [0, 0.05) is 36.6 Å². The van der Waals surface area contributed by atoms with Crippen molar-refractivity contribution in [3.8, 4) is 5.75 Å². The van der Waals surface area contributed by atoms with Crippen LogP contribution in [0.5, 0.6) is 5.75 Å². The van der Waals surface area contributed by atoms with Crippen molar-refractivity contribution in [1.29, 1.82) is 0 Å². The van der Waals surface area contributed by atoms with Crippen molar-refractivity contribution in [2.75, 3.05) is 26.2 Å². The molecule has 2 atom stereocenters. The van der Waals surface area contributed by atoms with E-state index < -0.39 is 0 Å². The predicted octanol–water partition coefficient (Wildman–Crippen LogP) is 2.47. The number of nitrogens with zero attached hydrogens (tertiary/aromatic N) is 2. The van der Waals surface area contributed by atoms with Crippen LogP contribution in [-0.2, 0) is 11.3 Å². The summed E-state index contributed by atoms with van der Waals surface area (Å²) in [5.74, 6) is 1.16. The van der Waals surface area contributed by atoms with Crippen LogP contribution in [0, 0.1) is 18.3 Å². The van der Waals surface area contributed by atoms with Crippen molar-refractivity contribution < 1.29 is 9.53 Å². The number of hydrogen-bond donors (Lipinski definition) is 1. The Bertz CT molecular complexity index is 748. The molecule has 2 aliphatic rings. The molecule has 2 aromatic rings. The first-order valence-corrected chi connectivity index (χ1v) is 9.62. The van der Waals surface area contributed by atoms with Crippen LogP contribution in [0.2, 0.25) is 0 Å². The molecule has 0 bridgehead atoms. The number of rotatable bonds is 5. The lowest BCUT2D eigenvalue weighted by atomic mass is 9.77. The third-order valence-corrected chi connectivity index (χ3v) is 6.55. The first kappa shape index (κ1) is 16.5. The molecule has 5 nitrogen and oxygen atoms in total. The molecule has 1 spiro atoms. The number of pyridine rings is 1. The van der Waals surface area contributed by atoms with Gasteiger partial charge in [0.05, 0.1) is 18.2 Å². The largest absolute Gasteiger partial charge is 0.492 e. The number of ether oxygens (including phenoxy) is 1. The first-order chi connectivity index (χ1) is 12.2. The van der Waals surface area contributed by atoms with Gasteiger partial charge in [-0.1, -0.05) is 0 Å². The van der Waals surface area contributed by atoms with Crippen molar-refractivity contribution >= 4 is 17.2 Å². The zero-order valence-corrected chi connectivity index (χ0v) is 15.2. The van der Waals surface area contributed by atoms with Crippen molar-refractivity contribution in [1.82, 2.24) is 15.2 Å². The van der Waals surface area contributed by atoms with Gasteiger partial charge in [0.15, 0.2) is 0 Å². The zero-order chi connectivity index (χ0) is 17.3. The van der Waals surface area contributed by atoms with Crippen molar-refractivity contribution in [2.24, 2.45) is 11.3 Å². The van der Waals surface area contributed by atoms with Gasteiger partial charge in [-0.2, -0.15) is 0 Å². The Hall–Kier alpha value is -1.92. The topological polar surface area (TPSA) is 54.5 Å². The Labute approximate surface area is 152 Å². The second-order valence-corrected chi connectivity index (χ2v) is 8.05. The fourth-order valence-corrected chi connectivity index (χ4v) is 4.91. The maximum atomic E-state index is 12.6. The molecule has 2 aromatic heterocycles. The van der Waals surface area contributed by atoms with Crippen molar-refractivity contribution in [2.45, 2.75) is 19.9 Å². The van der Waals surface area contributed by atoms with E-state index in [1.54, 1.807) is 23.7 Å². The van der Waals surface area contributed by atoms with Crippen LogP contribution in [-0.4, -0.2) is 42.0 Å². The van der Waals surface area contributed by atoms with Crippen LogP contribution in [0.1, 0.15) is 16.9 Å². The van der Waals surface area contributed by atoms with E-state index >= 15 is 0 Å². The summed E-state index contributed by atoms with van der Waals surface area (Å²) in [6.07, 6.45) is 4.36. The molecule has 0 aromatic carbocycles. The Morgan fingerprint density at radius 1 is 1.48 bits per heavy atom. The number of aryl methyl sites for hydroxylation is 1. The van der Waals surface area contributed by atoms with Crippen LogP contribution < -0.4 is 10.1 Å². The number of carbonyl (C=O) groups is 1. The van der Waals surface area contributed by atoms with Crippen molar-refractivity contribution in [3.05, 3.63) is 46.4 Å². The summed E-state index contributed by atoms with van der Waals surface area (Å²) >= 11 is 1.80. The van der Waals surface area contributed by atoms with E-state index in [1.165, 1.54) is 10.4 Å². The molecule has 0 unspecified atom stereocenters. The molecule has 0 saturated carbocycles. The third-order valence-electron chi connectivity index (χ3n) is 5.54. The first-order valence-electron chi connectivity index (χ1n) is 8.74. The molecule has 2 saturated heterocycles. The second-order valence-electron chi connectivity index (χ2n) is 7.05. The van der Waals surface area contributed by atoms with Gasteiger partial charge < -0.3 is 10.1 Å². The molecule has 132 valence electrons. The minimum Gasteiger partial charge on any atom is -0.492 e. The second kappa shape index (κ2) is 6.77. The highest BCUT2D eigenvalue weighted by molar-refractivity contribution is 7.10. The molecule has 0 aliphatic carbocycles. The molecule has 25 heavy (non-hydrogen) atoms. The van der Waals surface area contributed by atoms with E-state index in [0.717, 1.165) is 31.8 Å². The summed E-state index contributed by atoms with van der Waals surface area (Å²) in [6, 6.07) is 5.94. The maximum absolute atomic E-state index is 12.6. The minimum absolute atomic E-state index is 0.192. The van der Waals surface area contributed by atoms with Gasteiger partial charge in [-0.05, 0) is 49.0 Å². The van der Waals surface area contributed by atoms with Crippen molar-refractivity contribution in [3.63, 3.8) is 0 Å². The zero-order valence-electron chi connectivity index (χ0n) is 14.4. The summed E-state index contributed by atoms with van der Waals surface area (Å²) < 4.78 is 5.91. The number of amides is 1. The molecular weight excluding hydrogens is 334 g/mol. The summed E-state index contributed by atoms with van der Waals surface area (Å²) in [5, 5.41) is 5.21. The molecule has 4 rings (SSSR count). The van der Waals surface area contributed by atoms with Gasteiger partial charge in [0.25, 0.3) is 0 Å². The van der Waals surface area contributed by atoms with Gasteiger partial charge in [-0.25, -0.2) is 0 Å². The number of likely N-dealkylation sites (tertiary alicyclic amines) is 1. The van der Waals surface area contributed by atoms with E-state index in [-0.39, 0.29) is 17.2 Å².